The van der Waals surface area contributed by atoms with Gasteiger partial charge < -0.3 is 19.2 Å². The molecule has 1 aliphatic heterocycles. The maximum Gasteiger partial charge on any atom is 0.288 e. The number of unbranched alkanes of at least 4 members (excludes halogenated alkanes) is 2. The highest BCUT2D eigenvalue weighted by molar-refractivity contribution is 5.99. The van der Waals surface area contributed by atoms with E-state index < -0.39 is 11.9 Å². The van der Waals surface area contributed by atoms with Crippen molar-refractivity contribution in [3.05, 3.63) is 69.1 Å². The van der Waals surface area contributed by atoms with Crippen molar-refractivity contribution in [3.63, 3.8) is 0 Å². The van der Waals surface area contributed by atoms with Gasteiger partial charge in [0.2, 0.25) is 5.76 Å². The van der Waals surface area contributed by atoms with E-state index in [1.54, 1.807) is 25.3 Å². The predicted molar refractivity (Wildman–Crippen MR) is 115 cm³/mol. The number of nitrogens with one attached hydrogen (secondary N) is 1. The number of methoxy groups -OCH3 is 1. The summed E-state index contributed by atoms with van der Waals surface area (Å²) in [5.41, 5.74) is 2.23. The lowest BCUT2D eigenvalue weighted by Crippen LogP contribution is -2.22. The third-order valence-electron chi connectivity index (χ3n) is 5.38. The Morgan fingerprint density at radius 3 is 2.67 bits per heavy atom. The summed E-state index contributed by atoms with van der Waals surface area (Å²) >= 11 is 0. The average Bonchev–Trinajstić information content (AvgIpc) is 3.08. The van der Waals surface area contributed by atoms with Crippen molar-refractivity contribution in [1.29, 1.82) is 0 Å². The lowest BCUT2D eigenvalue weighted by atomic mass is 9.98. The minimum absolute atomic E-state index is 0.0696. The van der Waals surface area contributed by atoms with Gasteiger partial charge in [0.15, 0.2) is 16.9 Å². The number of hydrogen-bond donors (Lipinski definition) is 1. The van der Waals surface area contributed by atoms with Crippen LogP contribution in [0.2, 0.25) is 0 Å². The van der Waals surface area contributed by atoms with Gasteiger partial charge in [-0.1, -0.05) is 37.5 Å². The first-order chi connectivity index (χ1) is 14.5. The maximum atomic E-state index is 13.2. The van der Waals surface area contributed by atoms with Crippen molar-refractivity contribution in [3.8, 4) is 11.5 Å². The molecule has 1 N–H and O–H groups in total. The Kier molecular flexibility index (Phi) is 5.48. The van der Waals surface area contributed by atoms with Crippen LogP contribution < -0.4 is 20.2 Å². The van der Waals surface area contributed by atoms with Gasteiger partial charge in [-0.2, -0.15) is 0 Å². The molecule has 0 radical (unpaired) electrons. The van der Waals surface area contributed by atoms with Crippen LogP contribution in [0.25, 0.3) is 11.0 Å². The molecular weight excluding hydrogens is 382 g/mol. The molecule has 30 heavy (non-hydrogen) atoms. The van der Waals surface area contributed by atoms with E-state index in [2.05, 4.69) is 12.2 Å². The Hall–Kier alpha value is -3.28. The molecule has 1 unspecified atom stereocenters. The van der Waals surface area contributed by atoms with Crippen LogP contribution >= 0.6 is 0 Å². The van der Waals surface area contributed by atoms with E-state index in [1.807, 2.05) is 25.1 Å². The van der Waals surface area contributed by atoms with Crippen molar-refractivity contribution >= 4 is 16.9 Å². The third-order valence-corrected chi connectivity index (χ3v) is 5.38. The molecule has 2 heterocycles. The van der Waals surface area contributed by atoms with E-state index in [4.69, 9.17) is 13.9 Å². The molecule has 6 heteroatoms. The summed E-state index contributed by atoms with van der Waals surface area (Å²) in [6.45, 7) is 4.67. The van der Waals surface area contributed by atoms with Gasteiger partial charge in [0.05, 0.1) is 30.7 Å². The van der Waals surface area contributed by atoms with Gasteiger partial charge in [0.1, 0.15) is 5.58 Å². The van der Waals surface area contributed by atoms with Crippen LogP contribution in [0.15, 0.2) is 45.6 Å². The Morgan fingerprint density at radius 2 is 1.90 bits per heavy atom. The fraction of sp³-hybridized carbons (Fsp3) is 0.333. The second-order valence-electron chi connectivity index (χ2n) is 7.55. The molecule has 2 aromatic carbocycles. The highest BCUT2D eigenvalue weighted by atomic mass is 16.5. The molecule has 0 fully saturated rings. The molecule has 1 amide bonds. The monoisotopic (exact) mass is 407 g/mol. The standard InChI is InChI=1S/C24H25NO5/c1-4-5-6-11-29-18-10-8-15(13-19(18)28-3)21-20-22(26)16-12-14(2)7-9-17(16)30-23(20)24(27)25-21/h7-10,12-13,21H,4-6,11H2,1-3H3,(H,25,27). The average molecular weight is 407 g/mol. The zero-order valence-corrected chi connectivity index (χ0v) is 17.4. The van der Waals surface area contributed by atoms with E-state index in [0.29, 0.717) is 34.6 Å². The van der Waals surface area contributed by atoms with Crippen molar-refractivity contribution in [2.45, 2.75) is 39.2 Å². The van der Waals surface area contributed by atoms with Crippen molar-refractivity contribution in [1.82, 2.24) is 5.32 Å². The second kappa shape index (κ2) is 8.22. The van der Waals surface area contributed by atoms with Gasteiger partial charge in [0, 0.05) is 0 Å². The van der Waals surface area contributed by atoms with E-state index in [1.165, 1.54) is 0 Å². The molecule has 3 aromatic rings. The number of hydrogen-bond acceptors (Lipinski definition) is 5. The van der Waals surface area contributed by atoms with Crippen molar-refractivity contribution < 1.29 is 18.7 Å². The van der Waals surface area contributed by atoms with Gasteiger partial charge in [-0.3, -0.25) is 9.59 Å². The van der Waals surface area contributed by atoms with Crippen LogP contribution in [0.4, 0.5) is 0 Å². The molecule has 0 saturated heterocycles. The van der Waals surface area contributed by atoms with Crippen LogP contribution in [-0.2, 0) is 0 Å². The first-order valence-electron chi connectivity index (χ1n) is 10.2. The fourth-order valence-electron chi connectivity index (χ4n) is 3.79. The van der Waals surface area contributed by atoms with E-state index in [9.17, 15) is 9.59 Å². The van der Waals surface area contributed by atoms with Crippen LogP contribution in [-0.4, -0.2) is 19.6 Å². The predicted octanol–water partition coefficient (Wildman–Crippen LogP) is 4.51. The lowest BCUT2D eigenvalue weighted by Gasteiger charge is -2.16. The quantitative estimate of drug-likeness (QED) is 0.583. The first-order valence-corrected chi connectivity index (χ1v) is 10.2. The SMILES string of the molecule is CCCCCOc1ccc(C2NC(=O)c3oc4ccc(C)cc4c(=O)c32)cc1OC. The Bertz CT molecular complexity index is 1160. The summed E-state index contributed by atoms with van der Waals surface area (Å²) in [5, 5.41) is 3.34. The molecular formula is C24H25NO5. The van der Waals surface area contributed by atoms with Crippen LogP contribution in [0.5, 0.6) is 11.5 Å². The number of carbonyl (C=O) groups excluding carboxylic acids is 1. The van der Waals surface area contributed by atoms with Gasteiger partial charge in [-0.25, -0.2) is 0 Å². The Balaban J connectivity index is 1.73. The van der Waals surface area contributed by atoms with Gasteiger partial charge in [-0.05, 0) is 43.2 Å². The number of benzene rings is 2. The topological polar surface area (TPSA) is 77.8 Å². The number of amides is 1. The third kappa shape index (κ3) is 3.54. The number of carbonyl (C=O) groups is 1. The summed E-state index contributed by atoms with van der Waals surface area (Å²) in [5.74, 6) is 0.879. The number of ether oxygens (including phenoxy) is 2. The van der Waals surface area contributed by atoms with Crippen molar-refractivity contribution in [2.75, 3.05) is 13.7 Å². The first kappa shape index (κ1) is 20.0. The van der Waals surface area contributed by atoms with Crippen molar-refractivity contribution in [2.24, 2.45) is 0 Å². The minimum Gasteiger partial charge on any atom is -0.493 e. The summed E-state index contributed by atoms with van der Waals surface area (Å²) < 4.78 is 17.1. The second-order valence-corrected chi connectivity index (χ2v) is 7.55. The summed E-state index contributed by atoms with van der Waals surface area (Å²) in [6, 6.07) is 10.2. The van der Waals surface area contributed by atoms with Crippen LogP contribution in [0, 0.1) is 6.92 Å². The summed E-state index contributed by atoms with van der Waals surface area (Å²) in [7, 11) is 1.57. The van der Waals surface area contributed by atoms with E-state index >= 15 is 0 Å². The molecule has 156 valence electrons. The molecule has 0 saturated carbocycles. The van der Waals surface area contributed by atoms with E-state index in [-0.39, 0.29) is 11.2 Å². The summed E-state index contributed by atoms with van der Waals surface area (Å²) in [6.07, 6.45) is 3.20. The number of rotatable bonds is 7. The maximum absolute atomic E-state index is 13.2. The Labute approximate surface area is 174 Å². The molecule has 1 aromatic heterocycles. The van der Waals surface area contributed by atoms with Gasteiger partial charge in [-0.15, -0.1) is 0 Å². The molecule has 1 atom stereocenters. The largest absolute Gasteiger partial charge is 0.493 e. The zero-order chi connectivity index (χ0) is 21.3. The molecule has 1 aliphatic rings. The Morgan fingerprint density at radius 1 is 1.07 bits per heavy atom. The van der Waals surface area contributed by atoms with Crippen LogP contribution in [0.1, 0.15) is 59.5 Å². The molecule has 0 aliphatic carbocycles. The summed E-state index contributed by atoms with van der Waals surface area (Å²) in [4.78, 5) is 25.8. The highest BCUT2D eigenvalue weighted by Crippen LogP contribution is 2.36. The minimum atomic E-state index is -0.600. The molecule has 0 bridgehead atoms. The highest BCUT2D eigenvalue weighted by Gasteiger charge is 2.36. The molecule has 6 nitrogen and oxygen atoms in total. The normalized spacial score (nSPS) is 15.2. The zero-order valence-electron chi connectivity index (χ0n) is 17.4. The number of aryl methyl sites for hydroxylation is 1. The molecule has 4 rings (SSSR count). The van der Waals surface area contributed by atoms with Gasteiger partial charge in [0.25, 0.3) is 5.91 Å². The smallest absolute Gasteiger partial charge is 0.288 e. The van der Waals surface area contributed by atoms with E-state index in [0.717, 1.165) is 30.4 Å². The van der Waals surface area contributed by atoms with Gasteiger partial charge >= 0.3 is 0 Å². The lowest BCUT2D eigenvalue weighted by molar-refractivity contribution is 0.0938. The molecule has 0 spiro atoms. The fourth-order valence-corrected chi connectivity index (χ4v) is 3.79. The van der Waals surface area contributed by atoms with Crippen LogP contribution in [0.3, 0.4) is 0 Å². The number of fused-ring (bicyclic) bond motifs is 2.